The molecule has 18 heavy (non-hydrogen) atoms. The molecule has 1 fully saturated rings. The van der Waals surface area contributed by atoms with Crippen LogP contribution < -0.4 is 5.73 Å². The Kier molecular flexibility index (Phi) is 4.66. The first-order chi connectivity index (χ1) is 8.66. The summed E-state index contributed by atoms with van der Waals surface area (Å²) in [7, 11) is 0. The molecule has 2 nitrogen and oxygen atoms in total. The van der Waals surface area contributed by atoms with Gasteiger partial charge in [0.2, 0.25) is 0 Å². The molecule has 0 amide bonds. The van der Waals surface area contributed by atoms with Gasteiger partial charge in [-0.15, -0.1) is 0 Å². The largest absolute Gasteiger partial charge is 0.389 e. The first-order valence-electron chi connectivity index (χ1n) is 6.47. The monoisotopic (exact) mass is 266 g/mol. The standard InChI is InChI=1S/C14H19FN2S/c15-13-6-5-11(14(16)18)9-12(13)10-17-7-3-1-2-4-8-17/h5-6,9H,1-4,7-8,10H2,(H2,16,18). The molecular weight excluding hydrogens is 247 g/mol. The van der Waals surface area contributed by atoms with Gasteiger partial charge in [0.1, 0.15) is 10.8 Å². The maximum absolute atomic E-state index is 13.8. The molecule has 1 aliphatic rings. The van der Waals surface area contributed by atoms with Crippen molar-refractivity contribution in [2.45, 2.75) is 32.2 Å². The number of thiocarbonyl (C=S) groups is 1. The third-order valence-electron chi connectivity index (χ3n) is 3.42. The number of benzene rings is 1. The average Bonchev–Trinajstić information content (AvgIpc) is 2.60. The van der Waals surface area contributed by atoms with Gasteiger partial charge >= 0.3 is 0 Å². The minimum absolute atomic E-state index is 0.167. The molecule has 0 atom stereocenters. The molecule has 98 valence electrons. The van der Waals surface area contributed by atoms with E-state index in [1.54, 1.807) is 12.1 Å². The first-order valence-corrected chi connectivity index (χ1v) is 6.88. The van der Waals surface area contributed by atoms with Gasteiger partial charge in [0.25, 0.3) is 0 Å². The third-order valence-corrected chi connectivity index (χ3v) is 3.66. The fourth-order valence-electron chi connectivity index (χ4n) is 2.38. The Labute approximate surface area is 113 Å². The van der Waals surface area contributed by atoms with Crippen molar-refractivity contribution in [3.8, 4) is 0 Å². The van der Waals surface area contributed by atoms with E-state index in [1.165, 1.54) is 31.7 Å². The van der Waals surface area contributed by atoms with E-state index in [1.807, 2.05) is 0 Å². The van der Waals surface area contributed by atoms with Crippen LogP contribution in [0.2, 0.25) is 0 Å². The van der Waals surface area contributed by atoms with Gasteiger partial charge in [-0.25, -0.2) is 4.39 Å². The molecule has 4 heteroatoms. The average molecular weight is 266 g/mol. The molecule has 0 aromatic heterocycles. The minimum atomic E-state index is -0.167. The van der Waals surface area contributed by atoms with Crippen LogP contribution in [-0.2, 0) is 6.54 Å². The van der Waals surface area contributed by atoms with Crippen LogP contribution >= 0.6 is 12.2 Å². The molecule has 0 saturated carbocycles. The van der Waals surface area contributed by atoms with Crippen molar-refractivity contribution in [2.75, 3.05) is 13.1 Å². The predicted octanol–water partition coefficient (Wildman–Crippen LogP) is 2.84. The van der Waals surface area contributed by atoms with E-state index < -0.39 is 0 Å². The van der Waals surface area contributed by atoms with Crippen LogP contribution in [0.25, 0.3) is 0 Å². The summed E-state index contributed by atoms with van der Waals surface area (Å²) in [6.07, 6.45) is 4.98. The molecular formula is C14H19FN2S. The van der Waals surface area contributed by atoms with Crippen molar-refractivity contribution in [1.82, 2.24) is 4.90 Å². The molecule has 1 heterocycles. The zero-order valence-electron chi connectivity index (χ0n) is 10.5. The minimum Gasteiger partial charge on any atom is -0.389 e. The zero-order chi connectivity index (χ0) is 13.0. The number of rotatable bonds is 3. The van der Waals surface area contributed by atoms with E-state index in [2.05, 4.69) is 4.90 Å². The maximum atomic E-state index is 13.8. The van der Waals surface area contributed by atoms with Crippen LogP contribution in [0.5, 0.6) is 0 Å². The molecule has 0 unspecified atom stereocenters. The van der Waals surface area contributed by atoms with Gasteiger partial charge in [-0.1, -0.05) is 25.1 Å². The van der Waals surface area contributed by atoms with E-state index in [9.17, 15) is 4.39 Å². The second kappa shape index (κ2) is 6.25. The Morgan fingerprint density at radius 2 is 1.89 bits per heavy atom. The molecule has 1 saturated heterocycles. The highest BCUT2D eigenvalue weighted by Crippen LogP contribution is 2.16. The lowest BCUT2D eigenvalue weighted by Gasteiger charge is -2.20. The number of nitrogens with two attached hydrogens (primary N) is 1. The lowest BCUT2D eigenvalue weighted by molar-refractivity contribution is 0.273. The Morgan fingerprint density at radius 3 is 2.50 bits per heavy atom. The van der Waals surface area contributed by atoms with Crippen molar-refractivity contribution < 1.29 is 4.39 Å². The number of hydrogen-bond donors (Lipinski definition) is 1. The van der Waals surface area contributed by atoms with Crippen LogP contribution in [0.15, 0.2) is 18.2 Å². The van der Waals surface area contributed by atoms with Crippen molar-refractivity contribution in [2.24, 2.45) is 5.73 Å². The summed E-state index contributed by atoms with van der Waals surface area (Å²) in [5, 5.41) is 0. The smallest absolute Gasteiger partial charge is 0.127 e. The number of likely N-dealkylation sites (tertiary alicyclic amines) is 1. The molecule has 2 N–H and O–H groups in total. The second-order valence-corrected chi connectivity index (χ2v) is 5.30. The van der Waals surface area contributed by atoms with Gasteiger partial charge in [-0.2, -0.15) is 0 Å². The number of halogens is 1. The van der Waals surface area contributed by atoms with E-state index in [0.29, 0.717) is 17.1 Å². The summed E-state index contributed by atoms with van der Waals surface area (Å²) in [6, 6.07) is 4.88. The Morgan fingerprint density at radius 1 is 1.22 bits per heavy atom. The fraction of sp³-hybridized carbons (Fsp3) is 0.500. The van der Waals surface area contributed by atoms with Crippen LogP contribution in [0.1, 0.15) is 36.8 Å². The summed E-state index contributed by atoms with van der Waals surface area (Å²) in [5.74, 6) is -0.167. The maximum Gasteiger partial charge on any atom is 0.127 e. The highest BCUT2D eigenvalue weighted by molar-refractivity contribution is 7.80. The number of nitrogens with zero attached hydrogens (tertiary/aromatic N) is 1. The molecule has 0 bridgehead atoms. The van der Waals surface area contributed by atoms with Crippen molar-refractivity contribution in [3.05, 3.63) is 35.1 Å². The van der Waals surface area contributed by atoms with E-state index in [4.69, 9.17) is 18.0 Å². The van der Waals surface area contributed by atoms with Gasteiger partial charge in [0.15, 0.2) is 0 Å². The summed E-state index contributed by atoms with van der Waals surface area (Å²) in [5.41, 5.74) is 7.03. The van der Waals surface area contributed by atoms with Crippen LogP contribution in [0, 0.1) is 5.82 Å². The topological polar surface area (TPSA) is 29.3 Å². The zero-order valence-corrected chi connectivity index (χ0v) is 11.3. The lowest BCUT2D eigenvalue weighted by Crippen LogP contribution is -2.24. The fourth-order valence-corrected chi connectivity index (χ4v) is 2.51. The van der Waals surface area contributed by atoms with Gasteiger partial charge in [0, 0.05) is 17.7 Å². The summed E-state index contributed by atoms with van der Waals surface area (Å²) in [4.78, 5) is 2.64. The van der Waals surface area contributed by atoms with Crippen LogP contribution in [0.4, 0.5) is 4.39 Å². The summed E-state index contributed by atoms with van der Waals surface area (Å²) in [6.45, 7) is 2.76. The van der Waals surface area contributed by atoms with Crippen molar-refractivity contribution in [1.29, 1.82) is 0 Å². The quantitative estimate of drug-likeness (QED) is 0.853. The van der Waals surface area contributed by atoms with Crippen molar-refractivity contribution >= 4 is 17.2 Å². The van der Waals surface area contributed by atoms with Crippen LogP contribution in [0.3, 0.4) is 0 Å². The van der Waals surface area contributed by atoms with E-state index in [-0.39, 0.29) is 5.82 Å². The molecule has 0 aliphatic carbocycles. The molecule has 2 rings (SSSR count). The predicted molar refractivity (Wildman–Crippen MR) is 76.0 cm³/mol. The Balaban J connectivity index is 2.11. The number of hydrogen-bond acceptors (Lipinski definition) is 2. The summed E-state index contributed by atoms with van der Waals surface area (Å²) >= 11 is 4.93. The van der Waals surface area contributed by atoms with Gasteiger partial charge < -0.3 is 5.73 Å². The van der Waals surface area contributed by atoms with E-state index in [0.717, 1.165) is 18.7 Å². The highest BCUT2D eigenvalue weighted by Gasteiger charge is 2.12. The lowest BCUT2D eigenvalue weighted by atomic mass is 10.1. The van der Waals surface area contributed by atoms with Gasteiger partial charge in [-0.3, -0.25) is 4.90 Å². The third kappa shape index (κ3) is 3.50. The highest BCUT2D eigenvalue weighted by atomic mass is 32.1. The SMILES string of the molecule is NC(=S)c1ccc(F)c(CN2CCCCCC2)c1. The molecule has 1 aromatic rings. The van der Waals surface area contributed by atoms with E-state index >= 15 is 0 Å². The van der Waals surface area contributed by atoms with Crippen molar-refractivity contribution in [3.63, 3.8) is 0 Å². The van der Waals surface area contributed by atoms with Gasteiger partial charge in [0.05, 0.1) is 0 Å². The molecule has 0 spiro atoms. The summed E-state index contributed by atoms with van der Waals surface area (Å²) < 4.78 is 13.8. The first kappa shape index (κ1) is 13.4. The second-order valence-electron chi connectivity index (χ2n) is 4.86. The Bertz CT molecular complexity index is 426. The molecule has 1 aromatic carbocycles. The molecule has 1 aliphatic heterocycles. The van der Waals surface area contributed by atoms with Gasteiger partial charge in [-0.05, 0) is 44.1 Å². The Hall–Kier alpha value is -1.00. The normalized spacial score (nSPS) is 17.4. The molecule has 0 radical (unpaired) electrons. The van der Waals surface area contributed by atoms with Crippen LogP contribution in [-0.4, -0.2) is 23.0 Å².